The molecule has 0 bridgehead atoms. The summed E-state index contributed by atoms with van der Waals surface area (Å²) in [6, 6.07) is 37.9. The molecule has 1 aliphatic heterocycles. The van der Waals surface area contributed by atoms with Gasteiger partial charge in [0, 0.05) is 119 Å². The molecule has 0 radical (unpaired) electrons. The topological polar surface area (TPSA) is 252 Å². The third-order valence-corrected chi connectivity index (χ3v) is 15.8. The standard InChI is InChI=1S/C74H82N6O15/c1-75(2)54-23-16-50(17-24-54)73(51-18-25-55(26-19-51)76(3)4)52-20-29-60(30-21-52)92-37-11-13-58(81)12-9-35-91-36-10-14-59(82)40-49-15-34-65(64(41-49)80(47-71(87)88)48-72(89)90)93-38-39-94-68-42-53(22-33-63(68)79(45-69(83)84)46-70(85)86)74-61-31-27-56(77(5)6)43-66(61)95-67-44-57(78(7)8)28-32-62(67)74/h15-34,41-44H,9-14,35-40,45-48H2,1-8H3,(H2-2,83,84,85,86,87,88,89,90)/p+2. The molecule has 5 aromatic rings. The Labute approximate surface area is 552 Å². The van der Waals surface area contributed by atoms with Crippen molar-refractivity contribution in [1.29, 1.82) is 0 Å². The Morgan fingerprint density at radius 2 is 1.05 bits per heavy atom. The Bertz CT molecular complexity index is 4050. The van der Waals surface area contributed by atoms with Crippen LogP contribution >= 0.6 is 0 Å². The van der Waals surface area contributed by atoms with Crippen LogP contribution in [0.5, 0.6) is 17.2 Å². The van der Waals surface area contributed by atoms with Gasteiger partial charge in [0.15, 0.2) is 5.71 Å². The first-order chi connectivity index (χ1) is 45.5. The van der Waals surface area contributed by atoms with Gasteiger partial charge in [-0.3, -0.25) is 28.8 Å². The highest BCUT2D eigenvalue weighted by Crippen LogP contribution is 2.44. The van der Waals surface area contributed by atoms with E-state index in [1.165, 1.54) is 12.1 Å². The Balaban J connectivity index is 0.848. The summed E-state index contributed by atoms with van der Waals surface area (Å²) in [6.45, 7) is -2.16. The van der Waals surface area contributed by atoms with Crippen LogP contribution in [-0.2, 0) is 39.9 Å². The lowest BCUT2D eigenvalue weighted by Gasteiger charge is -2.26. The van der Waals surface area contributed by atoms with E-state index in [0.717, 1.165) is 76.8 Å². The number of fused-ring (bicyclic) bond motifs is 2. The number of hydrogen-bond donors (Lipinski definition) is 4. The number of carboxylic acid groups (broad SMARTS) is 4. The summed E-state index contributed by atoms with van der Waals surface area (Å²) in [4.78, 5) is 81.0. The second kappa shape index (κ2) is 33.3. The summed E-state index contributed by atoms with van der Waals surface area (Å²) >= 11 is 0. The number of hydrogen-bond acceptors (Lipinski definition) is 15. The molecule has 0 saturated heterocycles. The van der Waals surface area contributed by atoms with Gasteiger partial charge in [-0.2, -0.15) is 0 Å². The molecule has 0 atom stereocenters. The largest absolute Gasteiger partial charge is 0.494 e. The Kier molecular flexibility index (Phi) is 24.7. The first kappa shape index (κ1) is 70.3. The molecule has 21 nitrogen and oxygen atoms in total. The lowest BCUT2D eigenvalue weighted by Crippen LogP contribution is -2.35. The molecule has 95 heavy (non-hydrogen) atoms. The summed E-state index contributed by atoms with van der Waals surface area (Å²) in [7, 11) is 15.8. The quantitative estimate of drug-likeness (QED) is 0.0164. The summed E-state index contributed by atoms with van der Waals surface area (Å²) < 4.78 is 35.0. The Morgan fingerprint density at radius 1 is 0.495 bits per heavy atom. The number of ether oxygens (including phenoxy) is 4. The molecule has 498 valence electrons. The first-order valence-electron chi connectivity index (χ1n) is 31.4. The van der Waals surface area contributed by atoms with Crippen molar-refractivity contribution in [1.82, 2.24) is 4.58 Å². The van der Waals surface area contributed by atoms with Gasteiger partial charge >= 0.3 is 23.9 Å². The monoisotopic (exact) mass is 1300 g/mol. The van der Waals surface area contributed by atoms with Gasteiger partial charge in [-0.25, -0.2) is 9.15 Å². The maximum atomic E-state index is 13.3. The van der Waals surface area contributed by atoms with Crippen molar-refractivity contribution in [2.45, 2.75) is 44.9 Å². The average Bonchev–Trinajstić information content (AvgIpc) is 0.750. The maximum absolute atomic E-state index is 13.3. The Morgan fingerprint density at radius 3 is 1.63 bits per heavy atom. The summed E-state index contributed by atoms with van der Waals surface area (Å²) in [6.07, 6.45) is 10.8. The number of carboxylic acids is 4. The van der Waals surface area contributed by atoms with Gasteiger partial charge < -0.3 is 63.4 Å². The van der Waals surface area contributed by atoms with E-state index >= 15 is 0 Å². The number of Topliss-reactive ketones (excluding diaryl/α,β-unsaturated/α-hetero) is 2. The molecule has 8 rings (SSSR count). The smallest absolute Gasteiger partial charge is 0.323 e. The van der Waals surface area contributed by atoms with E-state index in [-0.39, 0.29) is 67.1 Å². The fourth-order valence-electron chi connectivity index (χ4n) is 11.0. The zero-order valence-electron chi connectivity index (χ0n) is 55.1. The van der Waals surface area contributed by atoms with Crippen LogP contribution in [0.2, 0.25) is 0 Å². The van der Waals surface area contributed by atoms with Crippen LogP contribution in [0.3, 0.4) is 0 Å². The highest BCUT2D eigenvalue weighted by molar-refractivity contribution is 6.05. The summed E-state index contributed by atoms with van der Waals surface area (Å²) in [5.74, 6) is -3.69. The molecule has 3 aliphatic rings. The number of rotatable bonds is 35. The second-order valence-electron chi connectivity index (χ2n) is 23.9. The molecule has 5 aromatic carbocycles. The number of aliphatic carboxylic acids is 4. The number of anilines is 4. The van der Waals surface area contributed by atoms with Crippen LogP contribution in [-0.4, -0.2) is 182 Å². The van der Waals surface area contributed by atoms with E-state index in [9.17, 15) is 49.2 Å². The van der Waals surface area contributed by atoms with Crippen LogP contribution in [0, 0.1) is 0 Å². The van der Waals surface area contributed by atoms with Crippen LogP contribution in [0.4, 0.5) is 22.7 Å². The predicted octanol–water partition coefficient (Wildman–Crippen LogP) is 9.54. The van der Waals surface area contributed by atoms with Gasteiger partial charge in [0.1, 0.15) is 108 Å². The van der Waals surface area contributed by atoms with Crippen molar-refractivity contribution in [3.8, 4) is 39.7 Å². The summed E-state index contributed by atoms with van der Waals surface area (Å²) in [5.41, 5.74) is 11.0. The van der Waals surface area contributed by atoms with Gasteiger partial charge in [-0.05, 0) is 132 Å². The highest BCUT2D eigenvalue weighted by atomic mass is 16.5. The van der Waals surface area contributed by atoms with Crippen LogP contribution in [0.1, 0.15) is 55.2 Å². The van der Waals surface area contributed by atoms with E-state index in [1.54, 1.807) is 24.3 Å². The first-order valence-corrected chi connectivity index (χ1v) is 31.4. The van der Waals surface area contributed by atoms with E-state index in [1.807, 2.05) is 114 Å². The molecule has 2 aliphatic carbocycles. The van der Waals surface area contributed by atoms with Gasteiger partial charge in [0.2, 0.25) is 5.36 Å². The van der Waals surface area contributed by atoms with Gasteiger partial charge in [-0.15, -0.1) is 0 Å². The molecule has 21 heteroatoms. The van der Waals surface area contributed by atoms with Gasteiger partial charge in [-0.1, -0.05) is 36.4 Å². The number of ketones is 2. The molecule has 0 amide bonds. The molecule has 4 N–H and O–H groups in total. The van der Waals surface area contributed by atoms with Crippen molar-refractivity contribution < 1.29 is 77.1 Å². The van der Waals surface area contributed by atoms with Crippen molar-refractivity contribution in [3.63, 3.8) is 0 Å². The zero-order chi connectivity index (χ0) is 68.3. The van der Waals surface area contributed by atoms with E-state index in [4.69, 9.17) is 23.4 Å². The fourth-order valence-corrected chi connectivity index (χ4v) is 11.0. The molecule has 1 heterocycles. The average molecular weight is 1300 g/mol. The number of benzene rings is 6. The van der Waals surface area contributed by atoms with Crippen LogP contribution in [0.25, 0.3) is 39.0 Å². The molecule has 0 fully saturated rings. The van der Waals surface area contributed by atoms with E-state index < -0.39 is 50.1 Å². The number of allylic oxidation sites excluding steroid dienone is 5. The lowest BCUT2D eigenvalue weighted by molar-refractivity contribution is -0.462. The van der Waals surface area contributed by atoms with Crippen LogP contribution < -0.4 is 43.7 Å². The minimum absolute atomic E-state index is 0.0533. The van der Waals surface area contributed by atoms with Crippen molar-refractivity contribution in [2.24, 2.45) is 0 Å². The van der Waals surface area contributed by atoms with Gasteiger partial charge in [0.05, 0.1) is 24.0 Å². The van der Waals surface area contributed by atoms with E-state index in [2.05, 4.69) is 70.2 Å². The minimum Gasteiger partial charge on any atom is -0.494 e. The van der Waals surface area contributed by atoms with E-state index in [0.29, 0.717) is 67.8 Å². The molecule has 0 spiro atoms. The normalized spacial score (nSPS) is 11.7. The number of carbonyl (C=O) groups excluding carboxylic acids is 2. The van der Waals surface area contributed by atoms with Crippen molar-refractivity contribution in [2.75, 3.05) is 135 Å². The molecular weight excluding hydrogens is 1210 g/mol. The minimum atomic E-state index is -1.31. The SMILES string of the molecule is CN(C)c1ccc(C(=C2C=CC(=[N+](C)C)C=C2)c2ccc(OCCCC(=O)CCCOCCCC(=O)Cc3ccc(OCCOc4cc(-c5c6ccc(=[N+](C)C)cc-6oc6cc(N(C)C)ccc56)ccc4N(CC(=O)O)CC(=O)O)c(N(CC(=O)O)CC(=O)O)c3)cc2)cc1. The highest BCUT2D eigenvalue weighted by Gasteiger charge is 2.25. The Hall–Kier alpha value is -10.5. The fraction of sp³-hybridized carbons (Fsp3) is 0.324. The number of nitrogens with zero attached hydrogens (tertiary/aromatic N) is 6. The second-order valence-corrected chi connectivity index (χ2v) is 23.9. The molecule has 0 aromatic heterocycles. The summed E-state index contributed by atoms with van der Waals surface area (Å²) in [5, 5.41) is 41.2. The molecule has 0 saturated carbocycles. The number of carbonyl (C=O) groups is 6. The third kappa shape index (κ3) is 19.7. The van der Waals surface area contributed by atoms with Crippen LogP contribution in [0.15, 0.2) is 156 Å². The van der Waals surface area contributed by atoms with Crippen molar-refractivity contribution in [3.05, 3.63) is 173 Å². The molecular formula is C74H84N6O15+2. The lowest BCUT2D eigenvalue weighted by atomic mass is 9.90. The van der Waals surface area contributed by atoms with Crippen molar-refractivity contribution >= 4 is 80.4 Å². The molecule has 0 unspecified atom stereocenters. The van der Waals surface area contributed by atoms with Gasteiger partial charge in [0.25, 0.3) is 0 Å². The third-order valence-electron chi connectivity index (χ3n) is 15.8. The predicted molar refractivity (Wildman–Crippen MR) is 368 cm³/mol. The maximum Gasteiger partial charge on any atom is 0.323 e. The zero-order valence-corrected chi connectivity index (χ0v) is 55.1.